The molecule has 0 aliphatic heterocycles. The number of amides is 1. The molecule has 18 heavy (non-hydrogen) atoms. The number of hydrogen-bond donors (Lipinski definition) is 1. The fourth-order valence-corrected chi connectivity index (χ4v) is 1.57. The third kappa shape index (κ3) is 7.73. The van der Waals surface area contributed by atoms with E-state index in [0.717, 1.165) is 0 Å². The smallest absolute Gasteiger partial charge is 0.407 e. The Morgan fingerprint density at radius 3 is 2.22 bits per heavy atom. The van der Waals surface area contributed by atoms with Gasteiger partial charge in [-0.2, -0.15) is 0 Å². The fraction of sp³-hybridized carbons (Fsp3) is 0.833. The summed E-state index contributed by atoms with van der Waals surface area (Å²) in [6.07, 6.45) is -0.518. The predicted octanol–water partition coefficient (Wildman–Crippen LogP) is 2.72. The number of ether oxygens (including phenoxy) is 2. The lowest BCUT2D eigenvalue weighted by Gasteiger charge is -2.22. The van der Waals surface area contributed by atoms with Crippen LogP contribution in [0.4, 0.5) is 4.79 Å². The molecule has 0 saturated heterocycles. The minimum absolute atomic E-state index is 0.0930. The number of hydrogen-bond acceptors (Lipinski definition) is 4. The monoisotopic (exact) mass is 371 g/mol. The van der Waals surface area contributed by atoms with E-state index < -0.39 is 11.7 Å². The number of halogens is 1. The van der Waals surface area contributed by atoms with Crippen molar-refractivity contribution in [1.29, 1.82) is 0 Å². The van der Waals surface area contributed by atoms with E-state index >= 15 is 0 Å². The number of nitrogens with one attached hydrogen (secondary N) is 1. The maximum absolute atomic E-state index is 11.7. The van der Waals surface area contributed by atoms with Crippen molar-refractivity contribution < 1.29 is 19.1 Å². The molecule has 0 aromatic rings. The van der Waals surface area contributed by atoms with Crippen molar-refractivity contribution in [2.24, 2.45) is 11.8 Å². The number of alkyl carbamates (subject to hydrolysis) is 1. The van der Waals surface area contributed by atoms with E-state index in [-0.39, 0.29) is 24.3 Å². The minimum atomic E-state index is -0.542. The molecule has 0 bridgehead atoms. The molecule has 0 aromatic carbocycles. The van der Waals surface area contributed by atoms with Gasteiger partial charge in [0.2, 0.25) is 0 Å². The third-order valence-corrected chi connectivity index (χ3v) is 2.48. The molecule has 1 unspecified atom stereocenters. The van der Waals surface area contributed by atoms with Gasteiger partial charge in [0.25, 0.3) is 0 Å². The molecule has 106 valence electrons. The van der Waals surface area contributed by atoms with E-state index in [1.165, 1.54) is 0 Å². The number of carbonyl (C=O) groups is 2. The Morgan fingerprint density at radius 2 is 1.83 bits per heavy atom. The molecule has 1 N–H and O–H groups in total. The first-order valence-corrected chi connectivity index (χ1v) is 7.39. The zero-order valence-electron chi connectivity index (χ0n) is 11.6. The summed E-state index contributed by atoms with van der Waals surface area (Å²) < 4.78 is 10.4. The maximum Gasteiger partial charge on any atom is 0.407 e. The van der Waals surface area contributed by atoms with Crippen molar-refractivity contribution in [3.63, 3.8) is 0 Å². The number of carbonyl (C=O) groups excluding carboxylic acids is 2. The van der Waals surface area contributed by atoms with Crippen LogP contribution in [-0.4, -0.2) is 28.8 Å². The summed E-state index contributed by atoms with van der Waals surface area (Å²) in [6.45, 7) is 9.42. The average Bonchev–Trinajstić information content (AvgIpc) is 2.14. The molecule has 0 heterocycles. The lowest BCUT2D eigenvalue weighted by atomic mass is 9.96. The molecular weight excluding hydrogens is 349 g/mol. The quantitative estimate of drug-likeness (QED) is 0.459. The molecule has 6 heteroatoms. The van der Waals surface area contributed by atoms with Crippen molar-refractivity contribution in [2.75, 3.05) is 11.2 Å². The maximum atomic E-state index is 11.7. The number of esters is 1. The Kier molecular flexibility index (Phi) is 7.58. The van der Waals surface area contributed by atoms with Gasteiger partial charge in [-0.15, -0.1) is 0 Å². The van der Waals surface area contributed by atoms with E-state index in [0.29, 0.717) is 4.61 Å². The van der Waals surface area contributed by atoms with Crippen LogP contribution in [0.15, 0.2) is 0 Å². The van der Waals surface area contributed by atoms with Crippen LogP contribution in [0.2, 0.25) is 0 Å². The molecular formula is C12H22INO4. The second-order valence-electron chi connectivity index (χ2n) is 5.31. The summed E-state index contributed by atoms with van der Waals surface area (Å²) in [7, 11) is 0. The van der Waals surface area contributed by atoms with Gasteiger partial charge in [0, 0.05) is 6.54 Å². The van der Waals surface area contributed by atoms with Crippen LogP contribution >= 0.6 is 22.6 Å². The summed E-state index contributed by atoms with van der Waals surface area (Å²) in [5, 5.41) is 2.60. The predicted molar refractivity (Wildman–Crippen MR) is 77.5 cm³/mol. The highest BCUT2D eigenvalue weighted by Gasteiger charge is 2.25. The largest absolute Gasteiger partial charge is 0.455 e. The Bertz CT molecular complexity index is 286. The van der Waals surface area contributed by atoms with E-state index in [2.05, 4.69) is 5.32 Å². The van der Waals surface area contributed by atoms with Crippen molar-refractivity contribution in [2.45, 2.75) is 40.2 Å². The Balaban J connectivity index is 4.28. The van der Waals surface area contributed by atoms with Gasteiger partial charge in [-0.1, -0.05) is 13.8 Å². The SMILES string of the molecule is CC(C)C(CNC(=O)OC(C)(C)C)C(=O)OCI. The zero-order valence-corrected chi connectivity index (χ0v) is 13.7. The highest BCUT2D eigenvalue weighted by atomic mass is 127. The van der Waals surface area contributed by atoms with Gasteiger partial charge in [-0.25, -0.2) is 4.79 Å². The van der Waals surface area contributed by atoms with Gasteiger partial charge in [-0.3, -0.25) is 4.79 Å². The lowest BCUT2D eigenvalue weighted by molar-refractivity contribution is -0.147. The van der Waals surface area contributed by atoms with Gasteiger partial charge in [0.05, 0.1) is 5.92 Å². The average molecular weight is 371 g/mol. The molecule has 5 nitrogen and oxygen atoms in total. The van der Waals surface area contributed by atoms with Gasteiger partial charge in [0.1, 0.15) is 10.2 Å². The normalized spacial score (nSPS) is 13.1. The van der Waals surface area contributed by atoms with Crippen LogP contribution in [0.1, 0.15) is 34.6 Å². The fourth-order valence-electron chi connectivity index (χ4n) is 1.26. The number of rotatable bonds is 5. The van der Waals surface area contributed by atoms with Crippen molar-refractivity contribution in [3.8, 4) is 0 Å². The minimum Gasteiger partial charge on any atom is -0.455 e. The summed E-state index contributed by atoms with van der Waals surface area (Å²) in [4.78, 5) is 23.1. The van der Waals surface area contributed by atoms with Crippen molar-refractivity contribution >= 4 is 34.7 Å². The lowest BCUT2D eigenvalue weighted by Crippen LogP contribution is -2.39. The molecule has 0 aliphatic carbocycles. The first kappa shape index (κ1) is 17.5. The third-order valence-electron chi connectivity index (χ3n) is 2.17. The van der Waals surface area contributed by atoms with E-state index in [1.54, 1.807) is 20.8 Å². The molecule has 0 aliphatic rings. The second-order valence-corrected chi connectivity index (χ2v) is 5.93. The van der Waals surface area contributed by atoms with E-state index in [9.17, 15) is 9.59 Å². The first-order chi connectivity index (χ1) is 8.17. The Labute approximate surface area is 122 Å². The standard InChI is InChI=1S/C12H22INO4/c1-8(2)9(10(15)17-7-13)6-14-11(16)18-12(3,4)5/h8-9H,6-7H2,1-5H3,(H,14,16). The molecule has 0 rings (SSSR count). The molecule has 0 saturated carbocycles. The van der Waals surface area contributed by atoms with Crippen molar-refractivity contribution in [1.82, 2.24) is 5.32 Å². The molecule has 0 spiro atoms. The summed E-state index contributed by atoms with van der Waals surface area (Å²) in [6, 6.07) is 0. The zero-order chi connectivity index (χ0) is 14.3. The summed E-state index contributed by atoms with van der Waals surface area (Å²) >= 11 is 1.96. The van der Waals surface area contributed by atoms with Crippen molar-refractivity contribution in [3.05, 3.63) is 0 Å². The van der Waals surface area contributed by atoms with E-state index in [4.69, 9.17) is 9.47 Å². The highest BCUT2D eigenvalue weighted by molar-refractivity contribution is 14.1. The number of alkyl halides is 1. The van der Waals surface area contributed by atoms with Gasteiger partial charge < -0.3 is 14.8 Å². The summed E-state index contributed by atoms with van der Waals surface area (Å²) in [5.41, 5.74) is -0.542. The van der Waals surface area contributed by atoms with Crippen LogP contribution in [0.5, 0.6) is 0 Å². The van der Waals surface area contributed by atoms with Crippen LogP contribution in [-0.2, 0) is 14.3 Å². The molecule has 1 amide bonds. The second kappa shape index (κ2) is 7.81. The van der Waals surface area contributed by atoms with Crippen LogP contribution < -0.4 is 5.32 Å². The van der Waals surface area contributed by atoms with Crippen LogP contribution in [0.25, 0.3) is 0 Å². The molecule has 1 atom stereocenters. The molecule has 0 aromatic heterocycles. The summed E-state index contributed by atoms with van der Waals surface area (Å²) in [5.74, 6) is -0.557. The Morgan fingerprint density at radius 1 is 1.28 bits per heavy atom. The highest BCUT2D eigenvalue weighted by Crippen LogP contribution is 2.13. The topological polar surface area (TPSA) is 64.6 Å². The van der Waals surface area contributed by atoms with Crippen LogP contribution in [0.3, 0.4) is 0 Å². The van der Waals surface area contributed by atoms with Gasteiger partial charge >= 0.3 is 12.1 Å². The van der Waals surface area contributed by atoms with Crippen LogP contribution in [0, 0.1) is 11.8 Å². The molecule has 0 radical (unpaired) electrons. The van der Waals surface area contributed by atoms with E-state index in [1.807, 2.05) is 36.4 Å². The Hall–Kier alpha value is -0.530. The molecule has 0 fully saturated rings. The van der Waals surface area contributed by atoms with Gasteiger partial charge in [0.15, 0.2) is 0 Å². The van der Waals surface area contributed by atoms with Gasteiger partial charge in [-0.05, 0) is 49.3 Å². The first-order valence-electron chi connectivity index (χ1n) is 5.87.